The first kappa shape index (κ1) is 12.2. The lowest BCUT2D eigenvalue weighted by atomic mass is 10.1. The predicted octanol–water partition coefficient (Wildman–Crippen LogP) is 3.65. The maximum absolute atomic E-state index is 5.96. The van der Waals surface area contributed by atoms with Crippen LogP contribution in [-0.4, -0.2) is 20.2 Å². The molecule has 0 amide bonds. The van der Waals surface area contributed by atoms with E-state index >= 15 is 0 Å². The SMILES string of the molecule is Clc1nc(Sc2ccc3c(c2)CCC3)c2cn[nH]c2n1. The Hall–Kier alpha value is -1.59. The second-order valence-electron chi connectivity index (χ2n) is 4.82. The highest BCUT2D eigenvalue weighted by Gasteiger charge is 2.14. The Kier molecular flexibility index (Phi) is 2.89. The molecule has 3 aromatic rings. The number of hydrogen-bond acceptors (Lipinski definition) is 4. The summed E-state index contributed by atoms with van der Waals surface area (Å²) in [7, 11) is 0. The van der Waals surface area contributed by atoms with Crippen LogP contribution in [-0.2, 0) is 12.8 Å². The van der Waals surface area contributed by atoms with E-state index in [9.17, 15) is 0 Å². The van der Waals surface area contributed by atoms with Crippen molar-refractivity contribution in [3.8, 4) is 0 Å². The lowest BCUT2D eigenvalue weighted by molar-refractivity contribution is 0.911. The van der Waals surface area contributed by atoms with E-state index in [-0.39, 0.29) is 5.28 Å². The molecule has 1 N–H and O–H groups in total. The van der Waals surface area contributed by atoms with Crippen LogP contribution in [0.4, 0.5) is 0 Å². The zero-order chi connectivity index (χ0) is 13.5. The minimum Gasteiger partial charge on any atom is -0.261 e. The van der Waals surface area contributed by atoms with Gasteiger partial charge in [0.1, 0.15) is 5.03 Å². The molecule has 100 valence electrons. The first-order valence-electron chi connectivity index (χ1n) is 6.46. The molecule has 4 nitrogen and oxygen atoms in total. The van der Waals surface area contributed by atoms with Gasteiger partial charge >= 0.3 is 0 Å². The van der Waals surface area contributed by atoms with E-state index in [1.54, 1.807) is 18.0 Å². The number of aromatic amines is 1. The lowest BCUT2D eigenvalue weighted by Crippen LogP contribution is -1.88. The monoisotopic (exact) mass is 302 g/mol. The van der Waals surface area contributed by atoms with Crippen molar-refractivity contribution < 1.29 is 0 Å². The van der Waals surface area contributed by atoms with E-state index in [0.717, 1.165) is 10.4 Å². The molecule has 6 heteroatoms. The Morgan fingerprint density at radius 3 is 3.00 bits per heavy atom. The van der Waals surface area contributed by atoms with Gasteiger partial charge in [-0.2, -0.15) is 10.1 Å². The number of aryl methyl sites for hydroxylation is 2. The maximum Gasteiger partial charge on any atom is 0.225 e. The van der Waals surface area contributed by atoms with Crippen LogP contribution in [0.25, 0.3) is 11.0 Å². The normalized spacial score (nSPS) is 13.8. The van der Waals surface area contributed by atoms with Gasteiger partial charge in [-0.15, -0.1) is 0 Å². The topological polar surface area (TPSA) is 54.5 Å². The van der Waals surface area contributed by atoms with E-state index in [2.05, 4.69) is 38.4 Å². The minimum atomic E-state index is 0.241. The highest BCUT2D eigenvalue weighted by Crippen LogP contribution is 2.34. The largest absolute Gasteiger partial charge is 0.261 e. The minimum absolute atomic E-state index is 0.241. The summed E-state index contributed by atoms with van der Waals surface area (Å²) in [6.45, 7) is 0. The first-order chi connectivity index (χ1) is 9.79. The molecule has 0 fully saturated rings. The number of nitrogens with one attached hydrogen (secondary N) is 1. The highest BCUT2D eigenvalue weighted by molar-refractivity contribution is 7.99. The number of fused-ring (bicyclic) bond motifs is 2. The van der Waals surface area contributed by atoms with Crippen LogP contribution in [0.1, 0.15) is 17.5 Å². The second kappa shape index (κ2) is 4.75. The van der Waals surface area contributed by atoms with Crippen molar-refractivity contribution in [3.05, 3.63) is 40.8 Å². The van der Waals surface area contributed by atoms with Crippen molar-refractivity contribution in [3.63, 3.8) is 0 Å². The van der Waals surface area contributed by atoms with E-state index in [1.807, 2.05) is 0 Å². The number of halogens is 1. The van der Waals surface area contributed by atoms with Crippen molar-refractivity contribution in [1.82, 2.24) is 20.2 Å². The number of benzene rings is 1. The molecule has 1 aliphatic carbocycles. The van der Waals surface area contributed by atoms with Gasteiger partial charge in [-0.05, 0) is 54.1 Å². The average molecular weight is 303 g/mol. The molecule has 1 aromatic carbocycles. The fraction of sp³-hybridized carbons (Fsp3) is 0.214. The third-order valence-electron chi connectivity index (χ3n) is 3.53. The fourth-order valence-corrected chi connectivity index (χ4v) is 3.75. The van der Waals surface area contributed by atoms with Crippen molar-refractivity contribution in [1.29, 1.82) is 0 Å². The molecule has 0 bridgehead atoms. The Morgan fingerprint density at radius 2 is 2.05 bits per heavy atom. The number of rotatable bonds is 2. The molecule has 2 heterocycles. The van der Waals surface area contributed by atoms with Gasteiger partial charge in [0.25, 0.3) is 0 Å². The van der Waals surface area contributed by atoms with Crippen LogP contribution in [0.2, 0.25) is 5.28 Å². The van der Waals surface area contributed by atoms with Crippen molar-refractivity contribution in [2.45, 2.75) is 29.2 Å². The summed E-state index contributed by atoms with van der Waals surface area (Å²) in [6, 6.07) is 6.63. The highest BCUT2D eigenvalue weighted by atomic mass is 35.5. The van der Waals surface area contributed by atoms with Gasteiger partial charge in [-0.3, -0.25) is 5.10 Å². The van der Waals surface area contributed by atoms with E-state index in [1.165, 1.54) is 35.3 Å². The van der Waals surface area contributed by atoms with Crippen molar-refractivity contribution >= 4 is 34.4 Å². The summed E-state index contributed by atoms with van der Waals surface area (Å²) >= 11 is 7.56. The molecule has 0 unspecified atom stereocenters. The number of aromatic nitrogens is 4. The summed E-state index contributed by atoms with van der Waals surface area (Å²) in [5, 5.41) is 8.82. The van der Waals surface area contributed by atoms with E-state index < -0.39 is 0 Å². The number of H-pyrrole nitrogens is 1. The third kappa shape index (κ3) is 2.07. The van der Waals surface area contributed by atoms with Gasteiger partial charge in [0.2, 0.25) is 5.28 Å². The lowest BCUT2D eigenvalue weighted by Gasteiger charge is -2.05. The van der Waals surface area contributed by atoms with Crippen LogP contribution in [0.15, 0.2) is 34.3 Å². The Morgan fingerprint density at radius 1 is 1.15 bits per heavy atom. The summed E-state index contributed by atoms with van der Waals surface area (Å²) < 4.78 is 0. The summed E-state index contributed by atoms with van der Waals surface area (Å²) in [6.07, 6.45) is 5.37. The van der Waals surface area contributed by atoms with Gasteiger partial charge in [0, 0.05) is 4.90 Å². The van der Waals surface area contributed by atoms with Crippen molar-refractivity contribution in [2.75, 3.05) is 0 Å². The fourth-order valence-electron chi connectivity index (χ4n) is 2.58. The molecule has 4 rings (SSSR count). The van der Waals surface area contributed by atoms with Crippen LogP contribution >= 0.6 is 23.4 Å². The van der Waals surface area contributed by atoms with Crippen LogP contribution < -0.4 is 0 Å². The molecule has 0 saturated carbocycles. The predicted molar refractivity (Wildman–Crippen MR) is 79.3 cm³/mol. The quantitative estimate of drug-likeness (QED) is 0.580. The Balaban J connectivity index is 1.75. The molecule has 0 spiro atoms. The van der Waals surface area contributed by atoms with Crippen molar-refractivity contribution in [2.24, 2.45) is 0 Å². The molecule has 2 aromatic heterocycles. The van der Waals surface area contributed by atoms with Gasteiger partial charge in [0.05, 0.1) is 11.6 Å². The molecule has 0 saturated heterocycles. The van der Waals surface area contributed by atoms with Crippen LogP contribution in [0.5, 0.6) is 0 Å². The smallest absolute Gasteiger partial charge is 0.225 e. The number of nitrogens with zero attached hydrogens (tertiary/aromatic N) is 3. The first-order valence-corrected chi connectivity index (χ1v) is 7.65. The van der Waals surface area contributed by atoms with Gasteiger partial charge in [-0.25, -0.2) is 4.98 Å². The molecule has 20 heavy (non-hydrogen) atoms. The molecule has 1 aliphatic rings. The molecule has 0 radical (unpaired) electrons. The molecule has 0 aliphatic heterocycles. The zero-order valence-electron chi connectivity index (χ0n) is 10.6. The van der Waals surface area contributed by atoms with E-state index in [4.69, 9.17) is 11.6 Å². The zero-order valence-corrected chi connectivity index (χ0v) is 12.1. The molecular formula is C14H11ClN4S. The summed E-state index contributed by atoms with van der Waals surface area (Å²) in [4.78, 5) is 9.62. The third-order valence-corrected chi connectivity index (χ3v) is 4.70. The van der Waals surface area contributed by atoms with E-state index in [0.29, 0.717) is 5.65 Å². The maximum atomic E-state index is 5.96. The standard InChI is InChI=1S/C14H11ClN4S/c15-14-17-12-11(7-16-19-12)13(18-14)20-10-5-4-8-2-1-3-9(8)6-10/h4-7H,1-3H2,(H,16,17,18,19). The van der Waals surface area contributed by atoms with Crippen LogP contribution in [0.3, 0.4) is 0 Å². The molecule has 0 atom stereocenters. The molecular weight excluding hydrogens is 292 g/mol. The Labute approximate surface area is 125 Å². The second-order valence-corrected chi connectivity index (χ2v) is 6.22. The average Bonchev–Trinajstić information content (AvgIpc) is 3.05. The van der Waals surface area contributed by atoms with Gasteiger partial charge < -0.3 is 0 Å². The summed E-state index contributed by atoms with van der Waals surface area (Å²) in [5.41, 5.74) is 3.61. The van der Waals surface area contributed by atoms with Gasteiger partial charge in [-0.1, -0.05) is 17.8 Å². The van der Waals surface area contributed by atoms with Gasteiger partial charge in [0.15, 0.2) is 5.65 Å². The Bertz CT molecular complexity index is 799. The number of hydrogen-bond donors (Lipinski definition) is 1. The summed E-state index contributed by atoms with van der Waals surface area (Å²) in [5.74, 6) is 0. The van der Waals surface area contributed by atoms with Crippen LogP contribution in [0, 0.1) is 0 Å².